The van der Waals surface area contributed by atoms with E-state index in [0.717, 1.165) is 18.8 Å². The minimum atomic E-state index is -0.412. The number of carbonyl (C=O) groups excluding carboxylic acids is 1. The average Bonchev–Trinajstić information content (AvgIpc) is 2.58. The third-order valence-electron chi connectivity index (χ3n) is 3.80. The van der Waals surface area contributed by atoms with E-state index in [0.29, 0.717) is 12.1 Å². The van der Waals surface area contributed by atoms with E-state index in [9.17, 15) is 4.79 Å². The van der Waals surface area contributed by atoms with Gasteiger partial charge in [0.15, 0.2) is 0 Å². The predicted molar refractivity (Wildman–Crippen MR) is 100 cm³/mol. The number of carbonyl (C=O) groups is 1. The molecule has 0 aliphatic heterocycles. The van der Waals surface area contributed by atoms with Crippen LogP contribution in [0.3, 0.4) is 0 Å². The van der Waals surface area contributed by atoms with Crippen LogP contribution in [0.25, 0.3) is 0 Å². The number of hydrogen-bond donors (Lipinski definition) is 2. The first kappa shape index (κ1) is 18.0. The number of amides is 1. The van der Waals surface area contributed by atoms with Crippen LogP contribution in [0.2, 0.25) is 0 Å². The van der Waals surface area contributed by atoms with Gasteiger partial charge in [0.25, 0.3) is 5.91 Å². The highest BCUT2D eigenvalue weighted by atomic mass is 16.1. The molecular formula is C20H27N3O. The van der Waals surface area contributed by atoms with Gasteiger partial charge in [0, 0.05) is 36.4 Å². The number of hydrogen-bond acceptors (Lipinski definition) is 3. The minimum Gasteiger partial charge on any atom is -0.367 e. The molecule has 1 amide bonds. The molecule has 0 unspecified atom stereocenters. The van der Waals surface area contributed by atoms with Crippen molar-refractivity contribution in [3.8, 4) is 0 Å². The summed E-state index contributed by atoms with van der Waals surface area (Å²) in [5.41, 5.74) is 8.51. The summed E-state index contributed by atoms with van der Waals surface area (Å²) >= 11 is 0. The zero-order valence-corrected chi connectivity index (χ0v) is 14.8. The lowest BCUT2D eigenvalue weighted by molar-refractivity contribution is 0.0946. The SMILES string of the molecule is CCN(Cc1ccccc1)c1ccc(C(=O)NCC(C)(C)N)cc1. The Kier molecular flexibility index (Phi) is 5.99. The van der Waals surface area contributed by atoms with Gasteiger partial charge in [-0.3, -0.25) is 4.79 Å². The first-order valence-corrected chi connectivity index (χ1v) is 8.35. The molecule has 0 fully saturated rings. The normalized spacial score (nSPS) is 11.2. The molecule has 4 nitrogen and oxygen atoms in total. The molecule has 2 aromatic rings. The maximum Gasteiger partial charge on any atom is 0.251 e. The van der Waals surface area contributed by atoms with Crippen LogP contribution in [0.1, 0.15) is 36.7 Å². The quantitative estimate of drug-likeness (QED) is 0.822. The smallest absolute Gasteiger partial charge is 0.251 e. The van der Waals surface area contributed by atoms with Crippen LogP contribution in [-0.2, 0) is 6.54 Å². The molecule has 0 heterocycles. The molecule has 0 bridgehead atoms. The summed E-state index contributed by atoms with van der Waals surface area (Å²) < 4.78 is 0. The lowest BCUT2D eigenvalue weighted by Gasteiger charge is -2.23. The largest absolute Gasteiger partial charge is 0.367 e. The average molecular weight is 325 g/mol. The van der Waals surface area contributed by atoms with Gasteiger partial charge in [-0.25, -0.2) is 0 Å². The van der Waals surface area contributed by atoms with Crippen molar-refractivity contribution in [2.24, 2.45) is 5.73 Å². The summed E-state index contributed by atoms with van der Waals surface area (Å²) in [6.07, 6.45) is 0. The highest BCUT2D eigenvalue weighted by Gasteiger charge is 2.13. The van der Waals surface area contributed by atoms with Crippen LogP contribution in [-0.4, -0.2) is 24.5 Å². The van der Waals surface area contributed by atoms with Gasteiger partial charge in [0.05, 0.1) is 0 Å². The molecule has 0 atom stereocenters. The van der Waals surface area contributed by atoms with Gasteiger partial charge in [0.2, 0.25) is 0 Å². The number of nitrogens with zero attached hydrogens (tertiary/aromatic N) is 1. The van der Waals surface area contributed by atoms with Crippen molar-refractivity contribution in [1.82, 2.24) is 5.32 Å². The Morgan fingerprint density at radius 1 is 1.08 bits per heavy atom. The maximum absolute atomic E-state index is 12.2. The number of rotatable bonds is 7. The molecule has 0 aromatic heterocycles. The molecule has 0 saturated heterocycles. The lowest BCUT2D eigenvalue weighted by Crippen LogP contribution is -2.45. The molecule has 0 aliphatic rings. The molecule has 0 aliphatic carbocycles. The first-order valence-electron chi connectivity index (χ1n) is 8.35. The standard InChI is InChI=1S/C20H27N3O/c1-4-23(14-16-8-6-5-7-9-16)18-12-10-17(11-13-18)19(24)22-15-20(2,3)21/h5-13H,4,14-15,21H2,1-3H3,(H,22,24). The van der Waals surface area contributed by atoms with E-state index in [4.69, 9.17) is 5.73 Å². The van der Waals surface area contributed by atoms with Crippen LogP contribution < -0.4 is 16.0 Å². The topological polar surface area (TPSA) is 58.4 Å². The monoisotopic (exact) mass is 325 g/mol. The van der Waals surface area contributed by atoms with Crippen LogP contribution >= 0.6 is 0 Å². The van der Waals surface area contributed by atoms with Crippen molar-refractivity contribution < 1.29 is 4.79 Å². The number of benzene rings is 2. The predicted octanol–water partition coefficient (Wildman–Crippen LogP) is 3.18. The molecular weight excluding hydrogens is 298 g/mol. The second-order valence-electron chi connectivity index (χ2n) is 6.72. The molecule has 0 saturated carbocycles. The highest BCUT2D eigenvalue weighted by molar-refractivity contribution is 5.94. The number of nitrogens with two attached hydrogens (primary N) is 1. The van der Waals surface area contributed by atoms with Crippen molar-refractivity contribution in [1.29, 1.82) is 0 Å². The van der Waals surface area contributed by atoms with Gasteiger partial charge in [-0.1, -0.05) is 30.3 Å². The number of anilines is 1. The van der Waals surface area contributed by atoms with E-state index >= 15 is 0 Å². The Morgan fingerprint density at radius 2 is 1.71 bits per heavy atom. The van der Waals surface area contributed by atoms with Crippen molar-refractivity contribution in [2.45, 2.75) is 32.9 Å². The molecule has 0 spiro atoms. The maximum atomic E-state index is 12.2. The number of nitrogens with one attached hydrogen (secondary N) is 1. The highest BCUT2D eigenvalue weighted by Crippen LogP contribution is 2.18. The van der Waals surface area contributed by atoms with Crippen molar-refractivity contribution in [2.75, 3.05) is 18.0 Å². The third-order valence-corrected chi connectivity index (χ3v) is 3.80. The Bertz CT molecular complexity index is 645. The van der Waals surface area contributed by atoms with E-state index in [2.05, 4.69) is 41.4 Å². The van der Waals surface area contributed by atoms with Crippen molar-refractivity contribution in [3.05, 3.63) is 65.7 Å². The Balaban J connectivity index is 2.03. The van der Waals surface area contributed by atoms with Gasteiger partial charge in [0.1, 0.15) is 0 Å². The van der Waals surface area contributed by atoms with Gasteiger partial charge in [-0.2, -0.15) is 0 Å². The molecule has 0 radical (unpaired) electrons. The van der Waals surface area contributed by atoms with E-state index in [1.54, 1.807) is 0 Å². The van der Waals surface area contributed by atoms with E-state index < -0.39 is 5.54 Å². The molecule has 128 valence electrons. The Hall–Kier alpha value is -2.33. The van der Waals surface area contributed by atoms with Crippen LogP contribution in [0.15, 0.2) is 54.6 Å². The molecule has 2 rings (SSSR count). The van der Waals surface area contributed by atoms with Crippen LogP contribution in [0, 0.1) is 0 Å². The summed E-state index contributed by atoms with van der Waals surface area (Å²) in [6, 6.07) is 18.1. The Morgan fingerprint density at radius 3 is 2.25 bits per heavy atom. The minimum absolute atomic E-state index is 0.0915. The lowest BCUT2D eigenvalue weighted by atomic mass is 10.1. The van der Waals surface area contributed by atoms with E-state index in [-0.39, 0.29) is 5.91 Å². The summed E-state index contributed by atoms with van der Waals surface area (Å²) in [5, 5.41) is 2.86. The van der Waals surface area contributed by atoms with E-state index in [1.165, 1.54) is 5.56 Å². The first-order chi connectivity index (χ1) is 11.4. The second kappa shape index (κ2) is 7.97. The second-order valence-corrected chi connectivity index (χ2v) is 6.72. The van der Waals surface area contributed by atoms with E-state index in [1.807, 2.05) is 44.2 Å². The Labute approximate surface area is 144 Å². The van der Waals surface area contributed by atoms with Gasteiger partial charge < -0.3 is 16.0 Å². The molecule has 24 heavy (non-hydrogen) atoms. The summed E-state index contributed by atoms with van der Waals surface area (Å²) in [5.74, 6) is -0.0915. The summed E-state index contributed by atoms with van der Waals surface area (Å²) in [7, 11) is 0. The third kappa shape index (κ3) is 5.39. The molecule has 2 aromatic carbocycles. The molecule has 4 heteroatoms. The van der Waals surface area contributed by atoms with Crippen molar-refractivity contribution >= 4 is 11.6 Å². The zero-order valence-electron chi connectivity index (χ0n) is 14.8. The van der Waals surface area contributed by atoms with Gasteiger partial charge in [-0.15, -0.1) is 0 Å². The van der Waals surface area contributed by atoms with Crippen LogP contribution in [0.5, 0.6) is 0 Å². The van der Waals surface area contributed by atoms with Gasteiger partial charge >= 0.3 is 0 Å². The van der Waals surface area contributed by atoms with Crippen LogP contribution in [0.4, 0.5) is 5.69 Å². The summed E-state index contributed by atoms with van der Waals surface area (Å²) in [4.78, 5) is 14.4. The fraction of sp³-hybridized carbons (Fsp3) is 0.350. The van der Waals surface area contributed by atoms with Crippen molar-refractivity contribution in [3.63, 3.8) is 0 Å². The summed E-state index contributed by atoms with van der Waals surface area (Å²) in [6.45, 7) is 8.11. The zero-order chi connectivity index (χ0) is 17.6. The fourth-order valence-electron chi connectivity index (χ4n) is 2.42. The van der Waals surface area contributed by atoms with Gasteiger partial charge in [-0.05, 0) is 50.6 Å². The molecule has 3 N–H and O–H groups in total. The fourth-order valence-corrected chi connectivity index (χ4v) is 2.42.